The van der Waals surface area contributed by atoms with Gasteiger partial charge in [-0.1, -0.05) is 69.3 Å². The lowest BCUT2D eigenvalue weighted by molar-refractivity contribution is -0.0473. The van der Waals surface area contributed by atoms with Gasteiger partial charge in [-0.15, -0.1) is 0 Å². The first-order chi connectivity index (χ1) is 16.4. The monoisotopic (exact) mass is 503 g/mol. The molecule has 192 valence electrons. The number of rotatable bonds is 11. The average Bonchev–Trinajstić information content (AvgIpc) is 2.83. The summed E-state index contributed by atoms with van der Waals surface area (Å²) in [5.74, 6) is -0.624. The fourth-order valence-electron chi connectivity index (χ4n) is 2.84. The van der Waals surface area contributed by atoms with Crippen molar-refractivity contribution in [2.24, 2.45) is 0 Å². The Bertz CT molecular complexity index is 932. The minimum absolute atomic E-state index is 0.0399. The molecule has 3 N–H and O–H groups in total. The van der Waals surface area contributed by atoms with Crippen molar-refractivity contribution in [2.75, 3.05) is 13.2 Å². The van der Waals surface area contributed by atoms with Crippen LogP contribution in [0.1, 0.15) is 36.7 Å². The van der Waals surface area contributed by atoms with Gasteiger partial charge < -0.3 is 29.4 Å². The summed E-state index contributed by atoms with van der Waals surface area (Å²) < 4.78 is 16.6. The van der Waals surface area contributed by atoms with Crippen molar-refractivity contribution >= 4 is 20.4 Å². The van der Waals surface area contributed by atoms with Gasteiger partial charge in [-0.25, -0.2) is 9.59 Å². The number of amides is 1. The van der Waals surface area contributed by atoms with Gasteiger partial charge in [-0.2, -0.15) is 0 Å². The van der Waals surface area contributed by atoms with Crippen LogP contribution in [0.15, 0.2) is 60.7 Å². The van der Waals surface area contributed by atoms with E-state index in [4.69, 9.17) is 13.9 Å². The summed E-state index contributed by atoms with van der Waals surface area (Å²) in [4.78, 5) is 24.7. The van der Waals surface area contributed by atoms with Crippen molar-refractivity contribution in [3.63, 3.8) is 0 Å². The first-order valence-electron chi connectivity index (χ1n) is 11.6. The Labute approximate surface area is 208 Å². The third-order valence-electron chi connectivity index (χ3n) is 6.15. The number of carbonyl (C=O) groups is 2. The Morgan fingerprint density at radius 2 is 1.49 bits per heavy atom. The second-order valence-electron chi connectivity index (χ2n) is 9.91. The molecule has 0 heterocycles. The molecule has 0 aliphatic carbocycles. The fourth-order valence-corrected chi connectivity index (χ4v) is 3.87. The van der Waals surface area contributed by atoms with E-state index in [1.807, 2.05) is 43.4 Å². The number of carbonyl (C=O) groups excluding carboxylic acids is 2. The molecular formula is C26H37NO7Si. The highest BCUT2D eigenvalue weighted by molar-refractivity contribution is 6.74. The Kier molecular flexibility index (Phi) is 10.5. The predicted octanol–water partition coefficient (Wildman–Crippen LogP) is 3.88. The van der Waals surface area contributed by atoms with E-state index >= 15 is 0 Å². The van der Waals surface area contributed by atoms with E-state index in [0.717, 1.165) is 5.56 Å². The lowest BCUT2D eigenvalue weighted by atomic mass is 10.1. The molecular weight excluding hydrogens is 466 g/mol. The summed E-state index contributed by atoms with van der Waals surface area (Å²) in [5, 5.41) is 23.8. The topological polar surface area (TPSA) is 114 Å². The standard InChI is InChI=1S/C26H37NO7Si/c1-26(2,3)35(4,5)34-17-21(27-25(31)33-16-19-12-8-6-9-13-19)23(29)22(28)18-32-24(30)20-14-10-7-11-15-20/h6-15,21-23,28-29H,16-18H2,1-5H3,(H,27,31)/t21-,22-,23+/m1/s1. The van der Waals surface area contributed by atoms with E-state index in [1.165, 1.54) is 0 Å². The smallest absolute Gasteiger partial charge is 0.407 e. The second-order valence-corrected chi connectivity index (χ2v) is 14.7. The van der Waals surface area contributed by atoms with Gasteiger partial charge in [-0.3, -0.25) is 0 Å². The summed E-state index contributed by atoms with van der Waals surface area (Å²) >= 11 is 0. The Morgan fingerprint density at radius 1 is 0.914 bits per heavy atom. The van der Waals surface area contributed by atoms with Gasteiger partial charge in [0.2, 0.25) is 0 Å². The van der Waals surface area contributed by atoms with Crippen LogP contribution in [-0.4, -0.2) is 62.1 Å². The van der Waals surface area contributed by atoms with Gasteiger partial charge in [0.25, 0.3) is 0 Å². The van der Waals surface area contributed by atoms with Crippen molar-refractivity contribution in [3.8, 4) is 0 Å². The predicted molar refractivity (Wildman–Crippen MR) is 135 cm³/mol. The van der Waals surface area contributed by atoms with Gasteiger partial charge in [0, 0.05) is 0 Å². The Hall–Kier alpha value is -2.72. The van der Waals surface area contributed by atoms with Crippen LogP contribution in [-0.2, 0) is 20.5 Å². The fraction of sp³-hybridized carbons (Fsp3) is 0.462. The molecule has 0 unspecified atom stereocenters. The van der Waals surface area contributed by atoms with Crippen LogP contribution in [0.4, 0.5) is 4.79 Å². The van der Waals surface area contributed by atoms with Gasteiger partial charge in [0.05, 0.1) is 18.2 Å². The van der Waals surface area contributed by atoms with Crippen molar-refractivity contribution in [3.05, 3.63) is 71.8 Å². The van der Waals surface area contributed by atoms with Gasteiger partial charge in [0.1, 0.15) is 25.4 Å². The summed E-state index contributed by atoms with van der Waals surface area (Å²) in [5.41, 5.74) is 1.14. The normalized spacial score (nSPS) is 14.5. The SMILES string of the molecule is CC(C)(C)[Si](C)(C)OC[C@@H](NC(=O)OCc1ccccc1)[C@H](O)[C@H](O)COC(=O)c1ccccc1. The molecule has 9 heteroatoms. The Balaban J connectivity index is 2.02. The molecule has 8 nitrogen and oxygen atoms in total. The molecule has 1 amide bonds. The molecule has 2 rings (SSSR count). The van der Waals surface area contributed by atoms with Crippen LogP contribution in [0.3, 0.4) is 0 Å². The quantitative estimate of drug-likeness (QED) is 0.315. The lowest BCUT2D eigenvalue weighted by Gasteiger charge is -2.38. The largest absolute Gasteiger partial charge is 0.459 e. The van der Waals surface area contributed by atoms with Crippen LogP contribution in [0.25, 0.3) is 0 Å². The van der Waals surface area contributed by atoms with Crippen LogP contribution in [0.2, 0.25) is 18.1 Å². The summed E-state index contributed by atoms with van der Waals surface area (Å²) in [7, 11) is -2.22. The number of alkyl carbamates (subject to hydrolysis) is 1. The molecule has 2 aromatic rings. The highest BCUT2D eigenvalue weighted by atomic mass is 28.4. The number of benzene rings is 2. The maximum Gasteiger partial charge on any atom is 0.407 e. The lowest BCUT2D eigenvalue weighted by Crippen LogP contribution is -2.54. The number of aliphatic hydroxyl groups is 2. The summed E-state index contributed by atoms with van der Waals surface area (Å²) in [6.07, 6.45) is -3.68. The third kappa shape index (κ3) is 9.10. The van der Waals surface area contributed by atoms with Crippen molar-refractivity contribution in [2.45, 2.75) is 63.8 Å². The van der Waals surface area contributed by atoms with Crippen molar-refractivity contribution in [1.82, 2.24) is 5.32 Å². The Morgan fingerprint density at radius 3 is 2.06 bits per heavy atom. The van der Waals surface area contributed by atoms with Crippen LogP contribution in [0.5, 0.6) is 0 Å². The molecule has 35 heavy (non-hydrogen) atoms. The number of aliphatic hydroxyl groups excluding tert-OH is 2. The van der Waals surface area contributed by atoms with Crippen LogP contribution in [0, 0.1) is 0 Å². The molecule has 0 aliphatic rings. The van der Waals surface area contributed by atoms with Crippen LogP contribution < -0.4 is 5.32 Å². The number of hydrogen-bond donors (Lipinski definition) is 3. The zero-order valence-electron chi connectivity index (χ0n) is 21.1. The molecule has 0 bridgehead atoms. The van der Waals surface area contributed by atoms with E-state index in [0.29, 0.717) is 5.56 Å². The summed E-state index contributed by atoms with van der Waals surface area (Å²) in [6, 6.07) is 16.5. The maximum absolute atomic E-state index is 12.5. The molecule has 0 radical (unpaired) electrons. The average molecular weight is 504 g/mol. The van der Waals surface area contributed by atoms with E-state index < -0.39 is 45.2 Å². The molecule has 0 saturated carbocycles. The van der Waals surface area contributed by atoms with E-state index in [2.05, 4.69) is 26.1 Å². The minimum atomic E-state index is -2.22. The zero-order valence-corrected chi connectivity index (χ0v) is 22.1. The first-order valence-corrected chi connectivity index (χ1v) is 14.5. The van der Waals surface area contributed by atoms with Crippen LogP contribution >= 0.6 is 0 Å². The second kappa shape index (κ2) is 12.8. The molecule has 0 aromatic heterocycles. The molecule has 0 aliphatic heterocycles. The number of hydrogen-bond acceptors (Lipinski definition) is 7. The van der Waals surface area contributed by atoms with Crippen molar-refractivity contribution in [1.29, 1.82) is 0 Å². The number of esters is 1. The first kappa shape index (κ1) is 28.5. The summed E-state index contributed by atoms with van der Waals surface area (Å²) in [6.45, 7) is 9.87. The molecule has 0 spiro atoms. The van der Waals surface area contributed by atoms with Gasteiger partial charge >= 0.3 is 12.1 Å². The van der Waals surface area contributed by atoms with E-state index in [-0.39, 0.29) is 18.3 Å². The minimum Gasteiger partial charge on any atom is -0.459 e. The highest BCUT2D eigenvalue weighted by Crippen LogP contribution is 2.36. The maximum atomic E-state index is 12.5. The molecule has 3 atom stereocenters. The highest BCUT2D eigenvalue weighted by Gasteiger charge is 2.39. The zero-order chi connectivity index (χ0) is 26.1. The van der Waals surface area contributed by atoms with E-state index in [9.17, 15) is 19.8 Å². The van der Waals surface area contributed by atoms with Crippen molar-refractivity contribution < 1.29 is 33.7 Å². The molecule has 2 aromatic carbocycles. The third-order valence-corrected chi connectivity index (χ3v) is 10.6. The molecule has 0 saturated heterocycles. The van der Waals surface area contributed by atoms with E-state index in [1.54, 1.807) is 30.3 Å². The molecule has 0 fully saturated rings. The number of ether oxygens (including phenoxy) is 2. The van der Waals surface area contributed by atoms with Gasteiger partial charge in [-0.05, 0) is 35.8 Å². The van der Waals surface area contributed by atoms with Gasteiger partial charge in [0.15, 0.2) is 8.32 Å². The number of nitrogens with one attached hydrogen (secondary N) is 1.